The van der Waals surface area contributed by atoms with Crippen LogP contribution in [0.15, 0.2) is 12.1 Å². The molecule has 0 saturated heterocycles. The number of rotatable bonds is 2. The van der Waals surface area contributed by atoms with Crippen LogP contribution in [0.5, 0.6) is 5.75 Å². The van der Waals surface area contributed by atoms with Crippen LogP contribution in [0.1, 0.15) is 11.1 Å². The van der Waals surface area contributed by atoms with Gasteiger partial charge in [0.2, 0.25) is 0 Å². The molecule has 0 aliphatic heterocycles. The Kier molecular flexibility index (Phi) is 3.28. The molecular formula is C9H10F3NO3S. The van der Waals surface area contributed by atoms with Crippen LogP contribution in [0.3, 0.4) is 0 Å². The first-order chi connectivity index (χ1) is 7.54. The standard InChI is InChI=1S/C9H10F3NO3S/c1-5-4-8(14)6(2)3-7(5)13-17(15,16)9(10,11)12/h3-4,13-14H,1-2H3. The summed E-state index contributed by atoms with van der Waals surface area (Å²) in [6.45, 7) is 2.83. The van der Waals surface area contributed by atoms with E-state index in [1.54, 1.807) is 0 Å². The van der Waals surface area contributed by atoms with Gasteiger partial charge in [-0.15, -0.1) is 0 Å². The minimum Gasteiger partial charge on any atom is -0.508 e. The molecule has 0 aliphatic carbocycles. The summed E-state index contributed by atoms with van der Waals surface area (Å²) in [6, 6.07) is 2.32. The monoisotopic (exact) mass is 269 g/mol. The molecule has 2 N–H and O–H groups in total. The molecule has 0 atom stereocenters. The number of aromatic hydroxyl groups is 1. The van der Waals surface area contributed by atoms with Crippen molar-refractivity contribution >= 4 is 15.7 Å². The molecule has 0 heterocycles. The Morgan fingerprint density at radius 3 is 2.18 bits per heavy atom. The van der Waals surface area contributed by atoms with Crippen molar-refractivity contribution in [3.63, 3.8) is 0 Å². The molecule has 1 rings (SSSR count). The first-order valence-corrected chi connectivity index (χ1v) is 5.92. The lowest BCUT2D eigenvalue weighted by atomic mass is 10.1. The van der Waals surface area contributed by atoms with Crippen LogP contribution in [-0.2, 0) is 10.0 Å². The molecule has 0 fully saturated rings. The molecule has 0 saturated carbocycles. The van der Waals surface area contributed by atoms with E-state index >= 15 is 0 Å². The van der Waals surface area contributed by atoms with Gasteiger partial charge in [-0.3, -0.25) is 4.72 Å². The first-order valence-electron chi connectivity index (χ1n) is 4.44. The Balaban J connectivity index is 3.18. The fourth-order valence-electron chi connectivity index (χ4n) is 1.11. The SMILES string of the molecule is Cc1cc(NS(=O)(=O)C(F)(F)F)c(C)cc1O. The van der Waals surface area contributed by atoms with Crippen molar-refractivity contribution in [2.45, 2.75) is 19.4 Å². The smallest absolute Gasteiger partial charge is 0.508 e. The Labute approximate surface area is 96.1 Å². The second-order valence-corrected chi connectivity index (χ2v) is 5.18. The van der Waals surface area contributed by atoms with E-state index in [1.807, 2.05) is 0 Å². The average Bonchev–Trinajstić information content (AvgIpc) is 2.12. The zero-order valence-electron chi connectivity index (χ0n) is 8.96. The maximum Gasteiger partial charge on any atom is 0.516 e. The van der Waals surface area contributed by atoms with Gasteiger partial charge in [-0.25, -0.2) is 0 Å². The lowest BCUT2D eigenvalue weighted by molar-refractivity contribution is -0.0429. The van der Waals surface area contributed by atoms with Gasteiger partial charge >= 0.3 is 15.5 Å². The number of sulfonamides is 1. The summed E-state index contributed by atoms with van der Waals surface area (Å²) in [5.74, 6) is -0.113. The summed E-state index contributed by atoms with van der Waals surface area (Å²) in [6.07, 6.45) is 0. The number of benzene rings is 1. The van der Waals surface area contributed by atoms with Gasteiger partial charge < -0.3 is 5.11 Å². The second kappa shape index (κ2) is 4.10. The Morgan fingerprint density at radius 2 is 1.71 bits per heavy atom. The van der Waals surface area contributed by atoms with Gasteiger partial charge in [0.25, 0.3) is 0 Å². The summed E-state index contributed by atoms with van der Waals surface area (Å²) in [7, 11) is -5.43. The van der Waals surface area contributed by atoms with Crippen molar-refractivity contribution in [3.05, 3.63) is 23.3 Å². The molecule has 0 radical (unpaired) electrons. The van der Waals surface area contributed by atoms with Gasteiger partial charge in [0.15, 0.2) is 0 Å². The minimum atomic E-state index is -5.43. The molecule has 1 aromatic rings. The highest BCUT2D eigenvalue weighted by atomic mass is 32.2. The third-order valence-electron chi connectivity index (χ3n) is 2.09. The average molecular weight is 269 g/mol. The molecule has 96 valence electrons. The molecule has 0 unspecified atom stereocenters. The molecule has 1 aromatic carbocycles. The number of halogens is 3. The van der Waals surface area contributed by atoms with Gasteiger partial charge in [-0.2, -0.15) is 21.6 Å². The largest absolute Gasteiger partial charge is 0.516 e. The van der Waals surface area contributed by atoms with Crippen LogP contribution in [0.25, 0.3) is 0 Å². The minimum absolute atomic E-state index is 0.113. The Hall–Kier alpha value is -1.44. The third-order valence-corrected chi connectivity index (χ3v) is 3.19. The van der Waals surface area contributed by atoms with Crippen LogP contribution in [0.2, 0.25) is 0 Å². The van der Waals surface area contributed by atoms with Crippen molar-refractivity contribution in [2.75, 3.05) is 4.72 Å². The molecule has 0 aliphatic rings. The Bertz CT molecular complexity index is 537. The van der Waals surface area contributed by atoms with Gasteiger partial charge in [-0.05, 0) is 37.1 Å². The number of alkyl halides is 3. The van der Waals surface area contributed by atoms with E-state index in [4.69, 9.17) is 0 Å². The van der Waals surface area contributed by atoms with Crippen molar-refractivity contribution in [1.82, 2.24) is 0 Å². The predicted molar refractivity (Wildman–Crippen MR) is 56.2 cm³/mol. The van der Waals surface area contributed by atoms with E-state index in [-0.39, 0.29) is 22.6 Å². The van der Waals surface area contributed by atoms with Gasteiger partial charge in [0.05, 0.1) is 5.69 Å². The molecule has 8 heteroatoms. The maximum absolute atomic E-state index is 12.1. The second-order valence-electron chi connectivity index (χ2n) is 3.50. The van der Waals surface area contributed by atoms with Crippen LogP contribution in [0.4, 0.5) is 18.9 Å². The number of anilines is 1. The number of nitrogens with one attached hydrogen (secondary N) is 1. The number of hydrogen-bond acceptors (Lipinski definition) is 3. The lowest BCUT2D eigenvalue weighted by Crippen LogP contribution is -2.30. The maximum atomic E-state index is 12.1. The Morgan fingerprint density at radius 1 is 1.18 bits per heavy atom. The summed E-state index contributed by atoms with van der Waals surface area (Å²) < 4.78 is 59.6. The van der Waals surface area contributed by atoms with Crippen LogP contribution in [0, 0.1) is 13.8 Å². The zero-order chi connectivity index (χ0) is 13.4. The number of hydrogen-bond donors (Lipinski definition) is 2. The van der Waals surface area contributed by atoms with Crippen LogP contribution >= 0.6 is 0 Å². The van der Waals surface area contributed by atoms with E-state index in [1.165, 1.54) is 24.6 Å². The molecule has 0 amide bonds. The zero-order valence-corrected chi connectivity index (χ0v) is 9.78. The summed E-state index contributed by atoms with van der Waals surface area (Å²) in [5, 5.41) is 9.28. The number of phenolic OH excluding ortho intramolecular Hbond substituents is 1. The molecule has 0 aromatic heterocycles. The van der Waals surface area contributed by atoms with Crippen molar-refractivity contribution in [1.29, 1.82) is 0 Å². The lowest BCUT2D eigenvalue weighted by Gasteiger charge is -2.13. The van der Waals surface area contributed by atoms with Gasteiger partial charge in [0.1, 0.15) is 5.75 Å². The van der Waals surface area contributed by atoms with Crippen LogP contribution in [-0.4, -0.2) is 19.0 Å². The van der Waals surface area contributed by atoms with E-state index in [0.29, 0.717) is 0 Å². The normalized spacial score (nSPS) is 12.5. The van der Waals surface area contributed by atoms with E-state index in [0.717, 1.165) is 6.07 Å². The highest BCUT2D eigenvalue weighted by molar-refractivity contribution is 7.93. The molecule has 17 heavy (non-hydrogen) atoms. The van der Waals surface area contributed by atoms with Crippen molar-refractivity contribution in [2.24, 2.45) is 0 Å². The van der Waals surface area contributed by atoms with Crippen molar-refractivity contribution in [3.8, 4) is 5.75 Å². The van der Waals surface area contributed by atoms with E-state index in [9.17, 15) is 26.7 Å². The summed E-state index contributed by atoms with van der Waals surface area (Å²) in [5.41, 5.74) is -5.11. The number of aryl methyl sites for hydroxylation is 2. The molecule has 0 bridgehead atoms. The van der Waals surface area contributed by atoms with Crippen molar-refractivity contribution < 1.29 is 26.7 Å². The molecule has 0 spiro atoms. The highest BCUT2D eigenvalue weighted by Gasteiger charge is 2.46. The predicted octanol–water partition coefficient (Wildman–Crippen LogP) is 2.27. The third kappa shape index (κ3) is 2.82. The summed E-state index contributed by atoms with van der Waals surface area (Å²) in [4.78, 5) is 0. The molecular weight excluding hydrogens is 259 g/mol. The number of phenols is 1. The quantitative estimate of drug-likeness (QED) is 0.809. The fourth-order valence-corrected chi connectivity index (χ4v) is 1.74. The fraction of sp³-hybridized carbons (Fsp3) is 0.333. The first kappa shape index (κ1) is 13.6. The van der Waals surface area contributed by atoms with E-state index < -0.39 is 15.5 Å². The van der Waals surface area contributed by atoms with Gasteiger partial charge in [-0.1, -0.05) is 0 Å². The molecule has 4 nitrogen and oxygen atoms in total. The highest BCUT2D eigenvalue weighted by Crippen LogP contribution is 2.29. The topological polar surface area (TPSA) is 66.4 Å². The van der Waals surface area contributed by atoms with E-state index in [2.05, 4.69) is 0 Å². The van der Waals surface area contributed by atoms with Gasteiger partial charge in [0, 0.05) is 0 Å². The summed E-state index contributed by atoms with van der Waals surface area (Å²) >= 11 is 0. The van der Waals surface area contributed by atoms with Crippen LogP contribution < -0.4 is 4.72 Å².